The molecule has 0 aromatic heterocycles. The van der Waals surface area contributed by atoms with E-state index in [1.165, 1.54) is 30.3 Å². The number of rotatable bonds is 10. The van der Waals surface area contributed by atoms with Crippen molar-refractivity contribution < 1.29 is 24.5 Å². The minimum atomic E-state index is -0.884. The molecule has 0 spiro atoms. The van der Waals surface area contributed by atoms with Gasteiger partial charge >= 0.3 is 0 Å². The number of benzene rings is 3. The number of amides is 1. The van der Waals surface area contributed by atoms with Crippen molar-refractivity contribution in [1.29, 1.82) is 0 Å². The van der Waals surface area contributed by atoms with Crippen LogP contribution in [0.4, 0.5) is 4.39 Å². The predicted octanol–water partition coefficient (Wildman–Crippen LogP) is 4.00. The molecular weight excluding hydrogens is 459 g/mol. The molecule has 1 amide bonds. The third-order valence-electron chi connectivity index (χ3n) is 5.36. The molecule has 180 valence electrons. The lowest BCUT2D eigenvalue weighted by Gasteiger charge is -2.18. The topological polar surface area (TPSA) is 102 Å². The van der Waals surface area contributed by atoms with Crippen LogP contribution in [0.25, 0.3) is 0 Å². The first-order valence-corrected chi connectivity index (χ1v) is 11.3. The van der Waals surface area contributed by atoms with E-state index in [0.717, 1.165) is 11.1 Å². The first kappa shape index (κ1) is 25.5. The second-order valence-corrected chi connectivity index (χ2v) is 8.73. The third kappa shape index (κ3) is 7.73. The number of aliphatic hydroxyl groups is 1. The highest BCUT2D eigenvalue weighted by Gasteiger charge is 2.13. The van der Waals surface area contributed by atoms with E-state index >= 15 is 0 Å². The smallest absolute Gasteiger partial charge is 0.224 e. The largest absolute Gasteiger partial charge is 0.508 e. The molecule has 3 rings (SSSR count). The molecule has 8 heteroatoms. The quantitative estimate of drug-likeness (QED) is 0.298. The van der Waals surface area contributed by atoms with Crippen molar-refractivity contribution in [2.24, 2.45) is 0 Å². The van der Waals surface area contributed by atoms with E-state index in [1.807, 2.05) is 31.2 Å². The Morgan fingerprint density at radius 2 is 1.74 bits per heavy atom. The fraction of sp³-hybridized carbons (Fsp3) is 0.269. The number of carbonyl (C=O) groups excluding carboxylic acids is 1. The fourth-order valence-electron chi connectivity index (χ4n) is 3.64. The molecular formula is C26H28ClFN2O4. The normalized spacial score (nSPS) is 12.8. The molecule has 5 N–H and O–H groups in total. The fourth-order valence-corrected chi connectivity index (χ4v) is 3.87. The predicted molar refractivity (Wildman–Crippen MR) is 129 cm³/mol. The van der Waals surface area contributed by atoms with Gasteiger partial charge in [0.1, 0.15) is 17.3 Å². The Hall–Kier alpha value is -3.13. The third-order valence-corrected chi connectivity index (χ3v) is 5.71. The summed E-state index contributed by atoms with van der Waals surface area (Å²) in [6, 6.07) is 15.8. The molecule has 0 fully saturated rings. The van der Waals surface area contributed by atoms with Gasteiger partial charge in [0.15, 0.2) is 0 Å². The minimum absolute atomic E-state index is 0.0326. The highest BCUT2D eigenvalue weighted by Crippen LogP contribution is 2.24. The molecule has 3 aromatic carbocycles. The Morgan fingerprint density at radius 1 is 1.03 bits per heavy atom. The maximum Gasteiger partial charge on any atom is 0.224 e. The monoisotopic (exact) mass is 486 g/mol. The average Bonchev–Trinajstić information content (AvgIpc) is 2.76. The van der Waals surface area contributed by atoms with Crippen molar-refractivity contribution in [2.75, 3.05) is 6.54 Å². The summed E-state index contributed by atoms with van der Waals surface area (Å²) in [5.41, 5.74) is 2.97. The number of carbonyl (C=O) groups is 1. The van der Waals surface area contributed by atoms with Crippen molar-refractivity contribution >= 4 is 17.5 Å². The van der Waals surface area contributed by atoms with Gasteiger partial charge in [0.25, 0.3) is 0 Å². The van der Waals surface area contributed by atoms with Crippen LogP contribution in [-0.2, 0) is 24.2 Å². The van der Waals surface area contributed by atoms with Crippen molar-refractivity contribution in [2.45, 2.75) is 38.5 Å². The highest BCUT2D eigenvalue weighted by atomic mass is 35.5. The molecule has 0 radical (unpaired) electrons. The molecule has 0 saturated carbocycles. The summed E-state index contributed by atoms with van der Waals surface area (Å²) in [4.78, 5) is 12.4. The maximum atomic E-state index is 13.1. The van der Waals surface area contributed by atoms with Crippen LogP contribution < -0.4 is 10.6 Å². The molecule has 0 aliphatic carbocycles. The lowest BCUT2D eigenvalue weighted by Crippen LogP contribution is -2.32. The summed E-state index contributed by atoms with van der Waals surface area (Å²) in [7, 11) is 0. The van der Waals surface area contributed by atoms with E-state index in [0.29, 0.717) is 17.5 Å². The van der Waals surface area contributed by atoms with Crippen molar-refractivity contribution in [3.8, 4) is 11.5 Å². The summed E-state index contributed by atoms with van der Waals surface area (Å²) in [5.74, 6) is -0.803. The van der Waals surface area contributed by atoms with Crippen LogP contribution in [0.5, 0.6) is 11.5 Å². The summed E-state index contributed by atoms with van der Waals surface area (Å²) in [6.07, 6.45) is -0.00240. The van der Waals surface area contributed by atoms with Crippen LogP contribution in [-0.4, -0.2) is 33.8 Å². The van der Waals surface area contributed by atoms with Gasteiger partial charge < -0.3 is 26.0 Å². The van der Waals surface area contributed by atoms with E-state index < -0.39 is 11.9 Å². The molecule has 3 aromatic rings. The zero-order chi connectivity index (χ0) is 24.7. The summed E-state index contributed by atoms with van der Waals surface area (Å²) in [6.45, 7) is 2.45. The SMILES string of the molecule is CC(Cc1cccc(CC(=O)NCc2ccc(F)cc2Cl)c1)NCC(O)c1cc(O)cc(O)c1. The number of nitrogens with one attached hydrogen (secondary N) is 2. The van der Waals surface area contributed by atoms with Gasteiger partial charge in [0.05, 0.1) is 12.5 Å². The van der Waals surface area contributed by atoms with Crippen molar-refractivity contribution in [1.82, 2.24) is 10.6 Å². The lowest BCUT2D eigenvalue weighted by molar-refractivity contribution is -0.120. The molecule has 0 heterocycles. The summed E-state index contributed by atoms with van der Waals surface area (Å²) >= 11 is 6.00. The van der Waals surface area contributed by atoms with Crippen LogP contribution in [0.2, 0.25) is 5.02 Å². The van der Waals surface area contributed by atoms with Gasteiger partial charge in [-0.15, -0.1) is 0 Å². The van der Waals surface area contributed by atoms with Gasteiger partial charge in [0.2, 0.25) is 5.91 Å². The maximum absolute atomic E-state index is 13.1. The zero-order valence-corrected chi connectivity index (χ0v) is 19.5. The number of phenols is 2. The van der Waals surface area contributed by atoms with Crippen LogP contribution in [0.1, 0.15) is 35.3 Å². The van der Waals surface area contributed by atoms with Gasteiger partial charge in [-0.05, 0) is 59.9 Å². The van der Waals surface area contributed by atoms with Crippen LogP contribution in [0.3, 0.4) is 0 Å². The first-order chi connectivity index (χ1) is 16.2. The van der Waals surface area contributed by atoms with Crippen LogP contribution in [0, 0.1) is 5.82 Å². The number of hydrogen-bond acceptors (Lipinski definition) is 5. The number of aromatic hydroxyl groups is 2. The molecule has 0 aliphatic rings. The molecule has 2 atom stereocenters. The van der Waals surface area contributed by atoms with Gasteiger partial charge in [-0.25, -0.2) is 4.39 Å². The van der Waals surface area contributed by atoms with Gasteiger partial charge in [-0.3, -0.25) is 4.79 Å². The Bertz CT molecular complexity index is 1120. The highest BCUT2D eigenvalue weighted by molar-refractivity contribution is 6.31. The van der Waals surface area contributed by atoms with Gasteiger partial charge in [0, 0.05) is 30.2 Å². The minimum Gasteiger partial charge on any atom is -0.508 e. The molecule has 0 bridgehead atoms. The lowest BCUT2D eigenvalue weighted by atomic mass is 10.0. The number of phenolic OH excluding ortho intramolecular Hbond substituents is 2. The first-order valence-electron chi connectivity index (χ1n) is 10.9. The Kier molecular flexibility index (Phi) is 8.87. The number of hydrogen-bond donors (Lipinski definition) is 5. The number of aliphatic hydroxyl groups excluding tert-OH is 1. The Balaban J connectivity index is 1.48. The van der Waals surface area contributed by atoms with E-state index in [-0.39, 0.29) is 48.0 Å². The Labute approximate surface area is 203 Å². The Morgan fingerprint density at radius 3 is 2.44 bits per heavy atom. The second kappa shape index (κ2) is 11.8. The molecule has 0 saturated heterocycles. The average molecular weight is 487 g/mol. The van der Waals surface area contributed by atoms with E-state index in [2.05, 4.69) is 10.6 Å². The second-order valence-electron chi connectivity index (χ2n) is 8.32. The number of halogens is 2. The summed E-state index contributed by atoms with van der Waals surface area (Å²) in [5, 5.41) is 35.8. The zero-order valence-electron chi connectivity index (χ0n) is 18.8. The van der Waals surface area contributed by atoms with Gasteiger partial charge in [-0.1, -0.05) is 41.9 Å². The standard InChI is InChI=1S/C26H28ClFN2O4/c1-16(29-15-25(33)20-10-22(31)13-23(32)11-20)7-17-3-2-4-18(8-17)9-26(34)30-14-19-5-6-21(28)12-24(19)27/h2-6,8,10-13,16,25,29,31-33H,7,9,14-15H2,1H3,(H,30,34). The van der Waals surface area contributed by atoms with Crippen LogP contribution >= 0.6 is 11.6 Å². The van der Waals surface area contributed by atoms with Crippen LogP contribution in [0.15, 0.2) is 60.7 Å². The van der Waals surface area contributed by atoms with Gasteiger partial charge in [-0.2, -0.15) is 0 Å². The molecule has 34 heavy (non-hydrogen) atoms. The van der Waals surface area contributed by atoms with E-state index in [4.69, 9.17) is 11.6 Å². The molecule has 2 unspecified atom stereocenters. The van der Waals surface area contributed by atoms with Crippen molar-refractivity contribution in [3.05, 3.63) is 93.8 Å². The summed E-state index contributed by atoms with van der Waals surface area (Å²) < 4.78 is 13.1. The molecule has 0 aliphatic heterocycles. The van der Waals surface area contributed by atoms with E-state index in [1.54, 1.807) is 6.07 Å². The van der Waals surface area contributed by atoms with Crippen molar-refractivity contribution in [3.63, 3.8) is 0 Å². The molecule has 6 nitrogen and oxygen atoms in total. The van der Waals surface area contributed by atoms with E-state index in [9.17, 15) is 24.5 Å².